The molecule has 1 aliphatic rings. The number of nitrogens with one attached hydrogen (secondary N) is 2. The summed E-state index contributed by atoms with van der Waals surface area (Å²) in [6.07, 6.45) is -3.43. The van der Waals surface area contributed by atoms with Gasteiger partial charge >= 0.3 is 6.18 Å². The molecule has 0 saturated carbocycles. The quantitative estimate of drug-likeness (QED) is 0.722. The summed E-state index contributed by atoms with van der Waals surface area (Å²) >= 11 is 0. The predicted octanol–water partition coefficient (Wildman–Crippen LogP) is 3.68. The number of carbonyl (C=O) groups excluding carboxylic acids is 2. The number of hydrogen-bond donors (Lipinski definition) is 2. The van der Waals surface area contributed by atoms with Gasteiger partial charge in [-0.3, -0.25) is 9.59 Å². The Bertz CT molecular complexity index is 909. The van der Waals surface area contributed by atoms with E-state index in [1.807, 2.05) is 0 Å². The van der Waals surface area contributed by atoms with Crippen molar-refractivity contribution in [2.75, 3.05) is 25.0 Å². The summed E-state index contributed by atoms with van der Waals surface area (Å²) in [7, 11) is 0. The van der Waals surface area contributed by atoms with Gasteiger partial charge in [0.15, 0.2) is 0 Å². The van der Waals surface area contributed by atoms with E-state index in [0.717, 1.165) is 12.1 Å². The summed E-state index contributed by atoms with van der Waals surface area (Å²) in [6, 6.07) is 10.2. The fourth-order valence-electron chi connectivity index (χ4n) is 3.30. The van der Waals surface area contributed by atoms with Gasteiger partial charge in [0.05, 0.1) is 17.7 Å². The molecule has 2 aromatic carbocycles. The lowest BCUT2D eigenvalue weighted by Crippen LogP contribution is -2.47. The third-order valence-electron chi connectivity index (χ3n) is 4.89. The van der Waals surface area contributed by atoms with Crippen LogP contribution in [-0.2, 0) is 11.0 Å². The first kappa shape index (κ1) is 21.6. The average molecular weight is 423 g/mol. The summed E-state index contributed by atoms with van der Waals surface area (Å²) in [5.74, 6) is -1.31. The van der Waals surface area contributed by atoms with Crippen molar-refractivity contribution in [3.05, 3.63) is 65.5 Å². The fraction of sp³-hybridized carbons (Fsp3) is 0.333. The van der Waals surface area contributed by atoms with Crippen LogP contribution in [0.3, 0.4) is 0 Å². The number of rotatable bonds is 5. The van der Waals surface area contributed by atoms with Crippen molar-refractivity contribution in [1.29, 1.82) is 0 Å². The van der Waals surface area contributed by atoms with Gasteiger partial charge in [-0.2, -0.15) is 13.2 Å². The maximum Gasteiger partial charge on any atom is 0.416 e. The number of nitrogens with zero attached hydrogens (tertiary/aromatic N) is 1. The number of benzene rings is 2. The summed E-state index contributed by atoms with van der Waals surface area (Å²) in [5.41, 5.74) is -0.574. The molecule has 0 unspecified atom stereocenters. The number of amides is 2. The van der Waals surface area contributed by atoms with Gasteiger partial charge in [0.25, 0.3) is 5.91 Å². The number of halogens is 4. The number of alkyl halides is 3. The molecule has 2 amide bonds. The van der Waals surface area contributed by atoms with Gasteiger partial charge in [0.2, 0.25) is 5.91 Å². The Morgan fingerprint density at radius 1 is 1.03 bits per heavy atom. The molecule has 2 N–H and O–H groups in total. The SMILES string of the molecule is O=C(CNc1cccc(C(F)(F)F)c1)NC1CCN(C(=O)c2ccccc2F)CC1. The summed E-state index contributed by atoms with van der Waals surface area (Å²) in [6.45, 7) is 0.577. The third kappa shape index (κ3) is 5.49. The maximum atomic E-state index is 13.8. The van der Waals surface area contributed by atoms with Crippen LogP contribution in [0.2, 0.25) is 0 Å². The highest BCUT2D eigenvalue weighted by Crippen LogP contribution is 2.30. The minimum Gasteiger partial charge on any atom is -0.376 e. The molecule has 0 atom stereocenters. The standard InChI is InChI=1S/C21H21F4N3O2/c22-18-7-2-1-6-17(18)20(30)28-10-8-15(9-11-28)27-19(29)13-26-16-5-3-4-14(12-16)21(23,24)25/h1-7,12,15,26H,8-11,13H2,(H,27,29). The van der Waals surface area contributed by atoms with Gasteiger partial charge in [-0.25, -0.2) is 4.39 Å². The maximum absolute atomic E-state index is 13.8. The van der Waals surface area contributed by atoms with E-state index >= 15 is 0 Å². The van der Waals surface area contributed by atoms with Crippen LogP contribution in [0.25, 0.3) is 0 Å². The first-order chi connectivity index (χ1) is 14.2. The number of hydrogen-bond acceptors (Lipinski definition) is 3. The van der Waals surface area contributed by atoms with Crippen LogP contribution >= 0.6 is 0 Å². The van der Waals surface area contributed by atoms with Crippen molar-refractivity contribution in [2.24, 2.45) is 0 Å². The molecule has 2 aromatic rings. The second-order valence-electron chi connectivity index (χ2n) is 7.05. The molecule has 1 aliphatic heterocycles. The average Bonchev–Trinajstić information content (AvgIpc) is 2.72. The van der Waals surface area contributed by atoms with Crippen molar-refractivity contribution < 1.29 is 27.2 Å². The van der Waals surface area contributed by atoms with Crippen LogP contribution in [0.4, 0.5) is 23.2 Å². The van der Waals surface area contributed by atoms with Crippen molar-refractivity contribution in [3.8, 4) is 0 Å². The Morgan fingerprint density at radius 3 is 2.40 bits per heavy atom. The summed E-state index contributed by atoms with van der Waals surface area (Å²) in [5, 5.41) is 5.49. The molecular weight excluding hydrogens is 402 g/mol. The number of likely N-dealkylation sites (tertiary alicyclic amines) is 1. The molecule has 1 fully saturated rings. The Balaban J connectivity index is 1.45. The smallest absolute Gasteiger partial charge is 0.376 e. The first-order valence-corrected chi connectivity index (χ1v) is 9.48. The fourth-order valence-corrected chi connectivity index (χ4v) is 3.30. The van der Waals surface area contributed by atoms with E-state index in [2.05, 4.69) is 10.6 Å². The largest absolute Gasteiger partial charge is 0.416 e. The Morgan fingerprint density at radius 2 is 1.73 bits per heavy atom. The lowest BCUT2D eigenvalue weighted by molar-refractivity contribution is -0.137. The predicted molar refractivity (Wildman–Crippen MR) is 103 cm³/mol. The second kappa shape index (κ2) is 9.15. The molecule has 0 aromatic heterocycles. The molecule has 1 heterocycles. The van der Waals surface area contributed by atoms with E-state index in [1.165, 1.54) is 30.3 Å². The summed E-state index contributed by atoms with van der Waals surface area (Å²) < 4.78 is 52.0. The zero-order chi connectivity index (χ0) is 21.7. The van der Waals surface area contributed by atoms with Crippen LogP contribution < -0.4 is 10.6 Å². The van der Waals surface area contributed by atoms with Crippen LogP contribution in [0.1, 0.15) is 28.8 Å². The topological polar surface area (TPSA) is 61.4 Å². The first-order valence-electron chi connectivity index (χ1n) is 9.48. The highest BCUT2D eigenvalue weighted by molar-refractivity contribution is 5.94. The van der Waals surface area contributed by atoms with Gasteiger partial charge < -0.3 is 15.5 Å². The Labute approximate surface area is 171 Å². The van der Waals surface area contributed by atoms with Gasteiger partial charge in [0.1, 0.15) is 5.82 Å². The lowest BCUT2D eigenvalue weighted by atomic mass is 10.0. The van der Waals surface area contributed by atoms with Gasteiger partial charge in [-0.05, 0) is 43.2 Å². The number of carbonyl (C=O) groups is 2. The zero-order valence-corrected chi connectivity index (χ0v) is 16.0. The summed E-state index contributed by atoms with van der Waals surface area (Å²) in [4.78, 5) is 26.1. The van der Waals surface area contributed by atoms with Crippen molar-refractivity contribution >= 4 is 17.5 Å². The van der Waals surface area contributed by atoms with Crippen LogP contribution in [-0.4, -0.2) is 42.4 Å². The molecule has 3 rings (SSSR count). The van der Waals surface area contributed by atoms with E-state index in [-0.39, 0.29) is 35.7 Å². The lowest BCUT2D eigenvalue weighted by Gasteiger charge is -2.32. The van der Waals surface area contributed by atoms with E-state index in [4.69, 9.17) is 0 Å². The van der Waals surface area contributed by atoms with E-state index in [9.17, 15) is 27.2 Å². The zero-order valence-electron chi connectivity index (χ0n) is 16.0. The normalized spacial score (nSPS) is 15.0. The molecule has 0 bridgehead atoms. The Kier molecular flexibility index (Phi) is 6.59. The molecule has 160 valence electrons. The van der Waals surface area contributed by atoms with Gasteiger partial charge in [-0.1, -0.05) is 18.2 Å². The Hall–Kier alpha value is -3.10. The van der Waals surface area contributed by atoms with Gasteiger partial charge in [-0.15, -0.1) is 0 Å². The monoisotopic (exact) mass is 423 g/mol. The highest BCUT2D eigenvalue weighted by Gasteiger charge is 2.30. The molecule has 30 heavy (non-hydrogen) atoms. The molecule has 0 radical (unpaired) electrons. The molecular formula is C21H21F4N3O2. The minimum atomic E-state index is -4.45. The van der Waals surface area contributed by atoms with Crippen LogP contribution in [0.15, 0.2) is 48.5 Å². The van der Waals surface area contributed by atoms with E-state index in [1.54, 1.807) is 11.0 Å². The van der Waals surface area contributed by atoms with E-state index < -0.39 is 17.6 Å². The van der Waals surface area contributed by atoms with Crippen molar-refractivity contribution in [1.82, 2.24) is 10.2 Å². The number of anilines is 1. The third-order valence-corrected chi connectivity index (χ3v) is 4.89. The minimum absolute atomic E-state index is 0.0188. The van der Waals surface area contributed by atoms with Crippen LogP contribution in [0, 0.1) is 5.82 Å². The van der Waals surface area contributed by atoms with E-state index in [0.29, 0.717) is 25.9 Å². The number of piperidine rings is 1. The molecule has 0 aliphatic carbocycles. The second-order valence-corrected chi connectivity index (χ2v) is 7.05. The molecule has 0 spiro atoms. The molecule has 9 heteroatoms. The highest BCUT2D eigenvalue weighted by atomic mass is 19.4. The molecule has 5 nitrogen and oxygen atoms in total. The molecule has 1 saturated heterocycles. The van der Waals surface area contributed by atoms with Crippen molar-refractivity contribution in [3.63, 3.8) is 0 Å². The van der Waals surface area contributed by atoms with Crippen LogP contribution in [0.5, 0.6) is 0 Å². The van der Waals surface area contributed by atoms with Crippen molar-refractivity contribution in [2.45, 2.75) is 25.1 Å². The van der Waals surface area contributed by atoms with Gasteiger partial charge in [0, 0.05) is 24.8 Å².